The molecule has 1 saturated heterocycles. The number of halogens is 1. The molecule has 7 nitrogen and oxygen atoms in total. The van der Waals surface area contributed by atoms with E-state index < -0.39 is 0 Å². The maximum absolute atomic E-state index is 13.2. The van der Waals surface area contributed by atoms with Gasteiger partial charge in [-0.3, -0.25) is 9.36 Å². The lowest BCUT2D eigenvalue weighted by Gasteiger charge is -2.36. The van der Waals surface area contributed by atoms with Gasteiger partial charge in [0, 0.05) is 43.2 Å². The van der Waals surface area contributed by atoms with Crippen LogP contribution in [0.1, 0.15) is 49.9 Å². The fourth-order valence-electron chi connectivity index (χ4n) is 4.04. The summed E-state index contributed by atoms with van der Waals surface area (Å²) < 4.78 is 14.9. The molecule has 0 bridgehead atoms. The first-order valence-corrected chi connectivity index (χ1v) is 10.6. The maximum Gasteiger partial charge on any atom is 0.237 e. The summed E-state index contributed by atoms with van der Waals surface area (Å²) in [5.41, 5.74) is 1.75. The highest BCUT2D eigenvalue weighted by atomic mass is 19.1. The molecule has 0 radical (unpaired) electrons. The van der Waals surface area contributed by atoms with Crippen molar-refractivity contribution in [3.8, 4) is 5.95 Å². The van der Waals surface area contributed by atoms with Crippen molar-refractivity contribution >= 4 is 11.7 Å². The zero-order valence-electron chi connectivity index (χ0n) is 17.8. The van der Waals surface area contributed by atoms with E-state index in [-0.39, 0.29) is 23.8 Å². The second-order valence-electron chi connectivity index (χ2n) is 8.03. The molecule has 2 aromatic heterocycles. The van der Waals surface area contributed by atoms with Crippen LogP contribution in [-0.4, -0.2) is 38.0 Å². The topological polar surface area (TPSA) is 75.9 Å². The molecule has 0 saturated carbocycles. The first kappa shape index (κ1) is 21.0. The van der Waals surface area contributed by atoms with Gasteiger partial charge in [0.1, 0.15) is 18.0 Å². The Bertz CT molecular complexity index is 1020. The van der Waals surface area contributed by atoms with Gasteiger partial charge >= 0.3 is 0 Å². The predicted octanol–water partition coefficient (Wildman–Crippen LogP) is 3.74. The fourth-order valence-corrected chi connectivity index (χ4v) is 4.04. The number of carbonyl (C=O) groups is 1. The van der Waals surface area contributed by atoms with Crippen LogP contribution in [0.5, 0.6) is 0 Å². The Kier molecular flexibility index (Phi) is 6.25. The summed E-state index contributed by atoms with van der Waals surface area (Å²) in [5, 5.41) is 3.05. The third-order valence-electron chi connectivity index (χ3n) is 5.65. The highest BCUT2D eigenvalue weighted by Gasteiger charge is 2.27. The summed E-state index contributed by atoms with van der Waals surface area (Å²) in [6, 6.07) is 8.09. The molecular formula is C23H27FN6O. The number of amides is 1. The number of benzene rings is 1. The molecule has 3 aromatic rings. The third kappa shape index (κ3) is 5.07. The number of aromatic nitrogens is 4. The fraction of sp³-hybridized carbons (Fsp3) is 0.391. The molecule has 162 valence electrons. The standard InChI is InChI=1S/C23H27FN6O/c1-16-13-21(28-23(26-16)29-12-10-25-15-29)30-11-4-3-5-20(30)14-22(31)27-17(2)18-6-8-19(24)9-7-18/h6-10,12-13,15,17,20H,3-5,11,14H2,1-2H3,(H,27,31). The molecular weight excluding hydrogens is 395 g/mol. The van der Waals surface area contributed by atoms with Crippen LogP contribution in [0.3, 0.4) is 0 Å². The van der Waals surface area contributed by atoms with Gasteiger partial charge in [0.15, 0.2) is 0 Å². The molecule has 1 aliphatic heterocycles. The molecule has 1 amide bonds. The van der Waals surface area contributed by atoms with E-state index in [0.29, 0.717) is 12.4 Å². The van der Waals surface area contributed by atoms with Gasteiger partial charge in [-0.15, -0.1) is 0 Å². The van der Waals surface area contributed by atoms with Crippen molar-refractivity contribution < 1.29 is 9.18 Å². The van der Waals surface area contributed by atoms with Gasteiger partial charge in [-0.25, -0.2) is 14.4 Å². The smallest absolute Gasteiger partial charge is 0.237 e. The summed E-state index contributed by atoms with van der Waals surface area (Å²) in [6.45, 7) is 4.71. The molecule has 1 aliphatic rings. The van der Waals surface area contributed by atoms with E-state index in [2.05, 4.69) is 20.2 Å². The molecule has 0 aliphatic carbocycles. The highest BCUT2D eigenvalue weighted by Crippen LogP contribution is 2.26. The first-order valence-electron chi connectivity index (χ1n) is 10.6. The van der Waals surface area contributed by atoms with E-state index in [0.717, 1.165) is 42.9 Å². The molecule has 31 heavy (non-hydrogen) atoms. The number of piperidine rings is 1. The van der Waals surface area contributed by atoms with Gasteiger partial charge in [-0.2, -0.15) is 4.98 Å². The van der Waals surface area contributed by atoms with Gasteiger partial charge < -0.3 is 10.2 Å². The van der Waals surface area contributed by atoms with Crippen molar-refractivity contribution in [2.45, 2.75) is 51.6 Å². The summed E-state index contributed by atoms with van der Waals surface area (Å²) in [7, 11) is 0. The van der Waals surface area contributed by atoms with Crippen LogP contribution in [0, 0.1) is 12.7 Å². The molecule has 0 spiro atoms. The average Bonchev–Trinajstić information content (AvgIpc) is 3.29. The van der Waals surface area contributed by atoms with Gasteiger partial charge in [-0.1, -0.05) is 12.1 Å². The lowest BCUT2D eigenvalue weighted by molar-refractivity contribution is -0.122. The van der Waals surface area contributed by atoms with E-state index in [1.807, 2.05) is 26.1 Å². The minimum Gasteiger partial charge on any atom is -0.353 e. The van der Waals surface area contributed by atoms with Crippen molar-refractivity contribution in [3.63, 3.8) is 0 Å². The van der Waals surface area contributed by atoms with Crippen LogP contribution < -0.4 is 10.2 Å². The molecule has 3 heterocycles. The van der Waals surface area contributed by atoms with Crippen LogP contribution in [0.2, 0.25) is 0 Å². The molecule has 1 N–H and O–H groups in total. The van der Waals surface area contributed by atoms with E-state index in [1.165, 1.54) is 12.1 Å². The highest BCUT2D eigenvalue weighted by molar-refractivity contribution is 5.77. The van der Waals surface area contributed by atoms with Crippen LogP contribution in [-0.2, 0) is 4.79 Å². The SMILES string of the molecule is Cc1cc(N2CCCCC2CC(=O)NC(C)c2ccc(F)cc2)nc(-n2ccnc2)n1. The summed E-state index contributed by atoms with van der Waals surface area (Å²) in [5.74, 6) is 1.11. The number of aryl methyl sites for hydroxylation is 1. The Morgan fingerprint density at radius 1 is 1.26 bits per heavy atom. The molecule has 1 fully saturated rings. The van der Waals surface area contributed by atoms with Gasteiger partial charge in [-0.05, 0) is 50.8 Å². The van der Waals surface area contributed by atoms with Crippen LogP contribution in [0.15, 0.2) is 49.1 Å². The third-order valence-corrected chi connectivity index (χ3v) is 5.65. The van der Waals surface area contributed by atoms with E-state index in [4.69, 9.17) is 4.98 Å². The number of anilines is 1. The second-order valence-corrected chi connectivity index (χ2v) is 8.03. The number of rotatable bonds is 6. The van der Waals surface area contributed by atoms with E-state index in [9.17, 15) is 9.18 Å². The number of nitrogens with zero attached hydrogens (tertiary/aromatic N) is 5. The number of carbonyl (C=O) groups excluding carboxylic acids is 1. The Morgan fingerprint density at radius 2 is 2.06 bits per heavy atom. The minimum atomic E-state index is -0.282. The maximum atomic E-state index is 13.2. The number of hydrogen-bond donors (Lipinski definition) is 1. The molecule has 1 aromatic carbocycles. The van der Waals surface area contributed by atoms with Gasteiger partial charge in [0.05, 0.1) is 6.04 Å². The zero-order valence-corrected chi connectivity index (χ0v) is 17.8. The summed E-state index contributed by atoms with van der Waals surface area (Å²) in [4.78, 5) is 28.4. The summed E-state index contributed by atoms with van der Waals surface area (Å²) >= 11 is 0. The van der Waals surface area contributed by atoms with Crippen LogP contribution in [0.25, 0.3) is 5.95 Å². The monoisotopic (exact) mass is 422 g/mol. The molecule has 2 unspecified atom stereocenters. The van der Waals surface area contributed by atoms with Gasteiger partial charge in [0.2, 0.25) is 11.9 Å². The average molecular weight is 423 g/mol. The van der Waals surface area contributed by atoms with Crippen LogP contribution in [0.4, 0.5) is 10.2 Å². The Labute approximate surface area is 181 Å². The van der Waals surface area contributed by atoms with Gasteiger partial charge in [0.25, 0.3) is 0 Å². The minimum absolute atomic E-state index is 0.0191. The Morgan fingerprint density at radius 3 is 2.81 bits per heavy atom. The number of nitrogens with one attached hydrogen (secondary N) is 1. The van der Waals surface area contributed by atoms with E-state index in [1.54, 1.807) is 29.2 Å². The largest absolute Gasteiger partial charge is 0.353 e. The number of hydrogen-bond acceptors (Lipinski definition) is 5. The van der Waals surface area contributed by atoms with E-state index >= 15 is 0 Å². The predicted molar refractivity (Wildman–Crippen MR) is 116 cm³/mol. The van der Waals surface area contributed by atoms with Crippen molar-refractivity contribution in [1.29, 1.82) is 0 Å². The normalized spacial score (nSPS) is 17.4. The first-order chi connectivity index (χ1) is 15.0. The summed E-state index contributed by atoms with van der Waals surface area (Å²) in [6.07, 6.45) is 8.65. The quantitative estimate of drug-likeness (QED) is 0.655. The molecule has 4 rings (SSSR count). The van der Waals surface area contributed by atoms with Crippen molar-refractivity contribution in [2.24, 2.45) is 0 Å². The van der Waals surface area contributed by atoms with Crippen molar-refractivity contribution in [3.05, 3.63) is 66.1 Å². The molecule has 8 heteroatoms. The second kappa shape index (κ2) is 9.24. The Balaban J connectivity index is 1.47. The van der Waals surface area contributed by atoms with Crippen LogP contribution >= 0.6 is 0 Å². The number of imidazole rings is 1. The van der Waals surface area contributed by atoms with Crippen molar-refractivity contribution in [1.82, 2.24) is 24.8 Å². The van der Waals surface area contributed by atoms with Crippen molar-refractivity contribution in [2.75, 3.05) is 11.4 Å². The molecule has 2 atom stereocenters. The lowest BCUT2D eigenvalue weighted by Crippen LogP contribution is -2.43. The lowest BCUT2D eigenvalue weighted by atomic mass is 9.98. The Hall–Kier alpha value is -3.29. The zero-order chi connectivity index (χ0) is 21.8.